The molecule has 0 aromatic carbocycles. The Morgan fingerprint density at radius 2 is 2.06 bits per heavy atom. The van der Waals surface area contributed by atoms with E-state index in [0.29, 0.717) is 5.95 Å². The first-order chi connectivity index (χ1) is 8.28. The molecule has 1 heterocycles. The number of hydrazine groups is 1. The number of nitrogens with two attached hydrogens (primary N) is 1. The number of hydrogen-bond donors (Lipinski definition) is 3. The van der Waals surface area contributed by atoms with Crippen LogP contribution in [0.1, 0.15) is 37.8 Å². The Labute approximate surface area is 102 Å². The van der Waals surface area contributed by atoms with E-state index in [0.717, 1.165) is 24.0 Å². The topological polar surface area (TPSA) is 75.9 Å². The molecule has 1 fully saturated rings. The Kier molecular flexibility index (Phi) is 4.14. The second-order valence-corrected chi connectivity index (χ2v) is 4.75. The summed E-state index contributed by atoms with van der Waals surface area (Å²) in [6.07, 6.45) is 6.79. The van der Waals surface area contributed by atoms with E-state index in [9.17, 15) is 0 Å². The SMILES string of the molecule is Cc1cc(NCC2CCCCC2)nc(NN)n1. The van der Waals surface area contributed by atoms with Gasteiger partial charge in [0.25, 0.3) is 0 Å². The molecule has 4 N–H and O–H groups in total. The van der Waals surface area contributed by atoms with Crippen molar-refractivity contribution < 1.29 is 0 Å². The van der Waals surface area contributed by atoms with Gasteiger partial charge in [-0.05, 0) is 25.7 Å². The molecule has 5 heteroatoms. The van der Waals surface area contributed by atoms with Gasteiger partial charge >= 0.3 is 0 Å². The molecule has 0 bridgehead atoms. The van der Waals surface area contributed by atoms with Gasteiger partial charge in [0.05, 0.1) is 0 Å². The quantitative estimate of drug-likeness (QED) is 0.550. The maximum absolute atomic E-state index is 5.32. The minimum atomic E-state index is 0.469. The monoisotopic (exact) mass is 235 g/mol. The molecule has 2 rings (SSSR count). The molecule has 0 aliphatic heterocycles. The maximum Gasteiger partial charge on any atom is 0.239 e. The largest absolute Gasteiger partial charge is 0.370 e. The number of nitrogens with one attached hydrogen (secondary N) is 2. The van der Waals surface area contributed by atoms with Crippen LogP contribution < -0.4 is 16.6 Å². The van der Waals surface area contributed by atoms with E-state index in [1.54, 1.807) is 0 Å². The van der Waals surface area contributed by atoms with E-state index in [1.165, 1.54) is 32.1 Å². The Balaban J connectivity index is 1.91. The molecule has 94 valence electrons. The van der Waals surface area contributed by atoms with E-state index in [1.807, 2.05) is 13.0 Å². The molecule has 0 saturated heterocycles. The second kappa shape index (κ2) is 5.82. The lowest BCUT2D eigenvalue weighted by Gasteiger charge is -2.22. The summed E-state index contributed by atoms with van der Waals surface area (Å²) in [5.74, 6) is 7.44. The number of anilines is 2. The highest BCUT2D eigenvalue weighted by molar-refractivity contribution is 5.41. The van der Waals surface area contributed by atoms with Gasteiger partial charge in [-0.25, -0.2) is 10.8 Å². The summed E-state index contributed by atoms with van der Waals surface area (Å²) < 4.78 is 0. The summed E-state index contributed by atoms with van der Waals surface area (Å²) >= 11 is 0. The summed E-state index contributed by atoms with van der Waals surface area (Å²) in [7, 11) is 0. The lowest BCUT2D eigenvalue weighted by molar-refractivity contribution is 0.373. The van der Waals surface area contributed by atoms with Gasteiger partial charge in [0, 0.05) is 18.3 Å². The molecule has 1 aromatic rings. The van der Waals surface area contributed by atoms with Gasteiger partial charge < -0.3 is 5.32 Å². The van der Waals surface area contributed by atoms with Gasteiger partial charge in [0.1, 0.15) is 5.82 Å². The van der Waals surface area contributed by atoms with Crippen LogP contribution in [-0.2, 0) is 0 Å². The first kappa shape index (κ1) is 12.1. The van der Waals surface area contributed by atoms with Crippen LogP contribution >= 0.6 is 0 Å². The van der Waals surface area contributed by atoms with Gasteiger partial charge in [-0.3, -0.25) is 5.43 Å². The Morgan fingerprint density at radius 3 is 2.76 bits per heavy atom. The summed E-state index contributed by atoms with van der Waals surface area (Å²) in [6, 6.07) is 1.95. The lowest BCUT2D eigenvalue weighted by Crippen LogP contribution is -2.18. The fourth-order valence-electron chi connectivity index (χ4n) is 2.36. The van der Waals surface area contributed by atoms with Crippen molar-refractivity contribution in [2.24, 2.45) is 11.8 Å². The number of nitrogen functional groups attached to an aromatic ring is 1. The average Bonchev–Trinajstić information content (AvgIpc) is 2.37. The zero-order valence-electron chi connectivity index (χ0n) is 10.4. The van der Waals surface area contributed by atoms with E-state index in [-0.39, 0.29) is 0 Å². The van der Waals surface area contributed by atoms with Crippen LogP contribution in [-0.4, -0.2) is 16.5 Å². The first-order valence-electron chi connectivity index (χ1n) is 6.34. The van der Waals surface area contributed by atoms with Crippen molar-refractivity contribution >= 4 is 11.8 Å². The van der Waals surface area contributed by atoms with Gasteiger partial charge in [-0.2, -0.15) is 4.98 Å². The standard InChI is InChI=1S/C12H21N5/c1-9-7-11(16-12(15-9)17-13)14-8-10-5-3-2-4-6-10/h7,10H,2-6,8,13H2,1H3,(H2,14,15,16,17). The Morgan fingerprint density at radius 1 is 1.29 bits per heavy atom. The van der Waals surface area contributed by atoms with Gasteiger partial charge in [0.15, 0.2) is 0 Å². The van der Waals surface area contributed by atoms with E-state index >= 15 is 0 Å². The van der Waals surface area contributed by atoms with Gasteiger partial charge in [-0.1, -0.05) is 19.3 Å². The molecule has 0 radical (unpaired) electrons. The number of aryl methyl sites for hydroxylation is 1. The molecule has 1 saturated carbocycles. The predicted molar refractivity (Wildman–Crippen MR) is 69.6 cm³/mol. The summed E-state index contributed by atoms with van der Waals surface area (Å²) in [4.78, 5) is 8.44. The van der Waals surface area contributed by atoms with Crippen LogP contribution in [0.15, 0.2) is 6.07 Å². The highest BCUT2D eigenvalue weighted by Gasteiger charge is 2.13. The molecular formula is C12H21N5. The maximum atomic E-state index is 5.32. The van der Waals surface area contributed by atoms with Crippen LogP contribution in [0.2, 0.25) is 0 Å². The molecule has 0 unspecified atom stereocenters. The van der Waals surface area contributed by atoms with E-state index < -0.39 is 0 Å². The van der Waals surface area contributed by atoms with Crippen molar-refractivity contribution in [3.63, 3.8) is 0 Å². The highest BCUT2D eigenvalue weighted by atomic mass is 15.3. The smallest absolute Gasteiger partial charge is 0.239 e. The van der Waals surface area contributed by atoms with Crippen molar-refractivity contribution in [2.75, 3.05) is 17.3 Å². The fraction of sp³-hybridized carbons (Fsp3) is 0.667. The third kappa shape index (κ3) is 3.56. The molecule has 0 atom stereocenters. The Hall–Kier alpha value is -1.36. The van der Waals surface area contributed by atoms with Crippen molar-refractivity contribution in [3.8, 4) is 0 Å². The lowest BCUT2D eigenvalue weighted by atomic mass is 9.89. The summed E-state index contributed by atoms with van der Waals surface area (Å²) in [6.45, 7) is 2.94. The molecule has 17 heavy (non-hydrogen) atoms. The normalized spacial score (nSPS) is 16.8. The zero-order valence-corrected chi connectivity index (χ0v) is 10.4. The predicted octanol–water partition coefficient (Wildman–Crippen LogP) is 2.06. The summed E-state index contributed by atoms with van der Waals surface area (Å²) in [5.41, 5.74) is 3.40. The number of aromatic nitrogens is 2. The number of nitrogens with zero attached hydrogens (tertiary/aromatic N) is 2. The number of rotatable bonds is 4. The van der Waals surface area contributed by atoms with Crippen molar-refractivity contribution in [1.29, 1.82) is 0 Å². The molecule has 0 spiro atoms. The van der Waals surface area contributed by atoms with Gasteiger partial charge in [-0.15, -0.1) is 0 Å². The Bertz CT molecular complexity index is 360. The minimum Gasteiger partial charge on any atom is -0.370 e. The van der Waals surface area contributed by atoms with E-state index in [4.69, 9.17) is 5.84 Å². The fourth-order valence-corrected chi connectivity index (χ4v) is 2.36. The highest BCUT2D eigenvalue weighted by Crippen LogP contribution is 2.23. The first-order valence-corrected chi connectivity index (χ1v) is 6.34. The third-order valence-corrected chi connectivity index (χ3v) is 3.28. The van der Waals surface area contributed by atoms with Crippen LogP contribution in [0.5, 0.6) is 0 Å². The molecule has 1 aromatic heterocycles. The van der Waals surface area contributed by atoms with Crippen molar-refractivity contribution in [2.45, 2.75) is 39.0 Å². The minimum absolute atomic E-state index is 0.469. The molecule has 1 aliphatic carbocycles. The van der Waals surface area contributed by atoms with Crippen LogP contribution in [0.25, 0.3) is 0 Å². The summed E-state index contributed by atoms with van der Waals surface area (Å²) in [5, 5.41) is 3.38. The van der Waals surface area contributed by atoms with Crippen LogP contribution in [0, 0.1) is 12.8 Å². The van der Waals surface area contributed by atoms with Crippen molar-refractivity contribution in [3.05, 3.63) is 11.8 Å². The molecular weight excluding hydrogens is 214 g/mol. The zero-order chi connectivity index (χ0) is 12.1. The third-order valence-electron chi connectivity index (χ3n) is 3.28. The van der Waals surface area contributed by atoms with Gasteiger partial charge in [0.2, 0.25) is 5.95 Å². The molecule has 5 nitrogen and oxygen atoms in total. The van der Waals surface area contributed by atoms with Crippen LogP contribution in [0.4, 0.5) is 11.8 Å². The van der Waals surface area contributed by atoms with Crippen LogP contribution in [0.3, 0.4) is 0 Å². The second-order valence-electron chi connectivity index (χ2n) is 4.75. The molecule has 0 amide bonds. The average molecular weight is 235 g/mol. The molecule has 1 aliphatic rings. The van der Waals surface area contributed by atoms with Crippen molar-refractivity contribution in [1.82, 2.24) is 9.97 Å². The van der Waals surface area contributed by atoms with E-state index in [2.05, 4.69) is 20.7 Å². The number of hydrogen-bond acceptors (Lipinski definition) is 5.